The molecule has 0 atom stereocenters. The zero-order chi connectivity index (χ0) is 4.28. The van der Waals surface area contributed by atoms with Gasteiger partial charge in [-0.2, -0.15) is 0 Å². The van der Waals surface area contributed by atoms with E-state index in [-0.39, 0.29) is 0 Å². The molecule has 0 amide bonds. The van der Waals surface area contributed by atoms with Gasteiger partial charge >= 0.3 is 37.6 Å². The van der Waals surface area contributed by atoms with E-state index in [4.69, 9.17) is 1.12 Å². The van der Waals surface area contributed by atoms with E-state index in [1.165, 1.54) is 4.93 Å². The van der Waals surface area contributed by atoms with Crippen molar-refractivity contribution >= 4 is 28.7 Å². The normalized spacial score (nSPS) is 14.5. The first-order chi connectivity index (χ1) is 2.27. The van der Waals surface area contributed by atoms with E-state index < -0.39 is 19.0 Å². The first-order valence-corrected chi connectivity index (χ1v) is 6.60. The Bertz CT molecular complexity index is 25.6. The average molecular weight is 196 g/mol. The summed E-state index contributed by atoms with van der Waals surface area (Å²) >= 11 is -2.20. The molecule has 0 aliphatic heterocycles. The van der Waals surface area contributed by atoms with Crippen molar-refractivity contribution in [3.05, 3.63) is 0 Å². The van der Waals surface area contributed by atoms with Crippen LogP contribution in [-0.4, -0.2) is 6.05 Å². The molecule has 28 valence electrons. The Morgan fingerprint density at radius 3 is 2.75 bits per heavy atom. The van der Waals surface area contributed by atoms with Gasteiger partial charge in [-0.1, -0.05) is 0 Å². The van der Waals surface area contributed by atoms with Crippen LogP contribution >= 0.6 is 28.7 Å². The summed E-state index contributed by atoms with van der Waals surface area (Å²) in [7, 11) is 0.620. The van der Waals surface area contributed by atoms with Crippen LogP contribution in [0.25, 0.3) is 0 Å². The number of rotatable bonds is 1. The summed E-state index contributed by atoms with van der Waals surface area (Å²) in [4.78, 5) is 1.49. The molecule has 0 fully saturated rings. The van der Waals surface area contributed by atoms with Crippen molar-refractivity contribution in [3.8, 4) is 0 Å². The van der Waals surface area contributed by atoms with Crippen LogP contribution in [-0.2, 0) is 0 Å². The molecule has 0 aromatic carbocycles. The predicted octanol–water partition coefficient (Wildman–Crippen LogP) is 1.85. The molecule has 0 bridgehead atoms. The Kier molecular flexibility index (Phi) is 1.81. The zero-order valence-corrected chi connectivity index (χ0v) is 5.14. The fourth-order valence-corrected chi connectivity index (χ4v) is 0. The number of hydrogen-bond donors (Lipinski definition) is 1. The molecular weight excluding hydrogens is 190 g/mol. The second-order valence-corrected chi connectivity index (χ2v) is 5.24. The molecule has 0 aliphatic carbocycles. The predicted molar refractivity (Wildman–Crippen MR) is 30.0 cm³/mol. The fraction of sp³-hybridized carbons (Fsp3) is 1.00. The molecule has 0 unspecified atom stereocenters. The van der Waals surface area contributed by atoms with E-state index in [2.05, 4.69) is 0 Å². The van der Waals surface area contributed by atoms with Gasteiger partial charge in [-0.25, -0.2) is 0 Å². The van der Waals surface area contributed by atoms with E-state index in [9.17, 15) is 2.86 Å². The first-order valence-electron chi connectivity index (χ1n) is 1.08. The van der Waals surface area contributed by atoms with Crippen molar-refractivity contribution in [1.29, 1.82) is 1.12 Å². The third-order valence-electron chi connectivity index (χ3n) is 0. The molecule has 3 heteroatoms. The second kappa shape index (κ2) is 2.26. The van der Waals surface area contributed by atoms with Gasteiger partial charge in [0, 0.05) is 0 Å². The summed E-state index contributed by atoms with van der Waals surface area (Å²) in [5, 5.41) is 0. The van der Waals surface area contributed by atoms with Gasteiger partial charge in [-0.05, 0) is 0 Å². The molecule has 0 radical (unpaired) electrons. The Morgan fingerprint density at radius 2 is 2.75 bits per heavy atom. The summed E-state index contributed by atoms with van der Waals surface area (Å²) < 4.78 is 17.6. The Morgan fingerprint density at radius 1 is 2.50 bits per heavy atom. The Balaban J connectivity index is 2.54. The molecule has 0 aliphatic rings. The average Bonchev–Trinajstić information content (AvgIpc) is 1.38. The molecule has 0 heterocycles. The van der Waals surface area contributed by atoms with Crippen molar-refractivity contribution in [3.63, 3.8) is 0 Å². The number of hydrogen-bond acceptors (Lipinski definition) is 1. The monoisotopic (exact) mass is 196 g/mol. The van der Waals surface area contributed by atoms with E-state index in [1.54, 1.807) is 0 Å². The van der Waals surface area contributed by atoms with Crippen LogP contribution in [0.3, 0.4) is 0 Å². The summed E-state index contributed by atoms with van der Waals surface area (Å²) in [6.45, 7) is 0. The van der Waals surface area contributed by atoms with Crippen LogP contribution in [0, 0.1) is 0 Å². The molecule has 0 N–H and O–H groups in total. The molecule has 0 nitrogen and oxygen atoms in total. The minimum absolute atomic E-state index is 0.620. The molecule has 0 aromatic rings. The number of halogens is 2. The standard InChI is InChI=1S/CH4FIS/c1-3(2)4/h4H,1H3/i4T. The zero-order valence-electron chi connectivity index (χ0n) is 3.16. The Labute approximate surface area is 37.9 Å². The van der Waals surface area contributed by atoms with E-state index in [0.717, 1.165) is 0 Å². The van der Waals surface area contributed by atoms with Gasteiger partial charge in [0.05, 0.1) is 0 Å². The second-order valence-electron chi connectivity index (χ2n) is 0.355. The number of thiol groups is 1. The summed E-state index contributed by atoms with van der Waals surface area (Å²) in [5.41, 5.74) is 0. The van der Waals surface area contributed by atoms with Crippen LogP contribution in [0.1, 0.15) is 0 Å². The van der Waals surface area contributed by atoms with Crippen LogP contribution in [0.5, 0.6) is 0 Å². The summed E-state index contributed by atoms with van der Waals surface area (Å²) in [6.07, 6.45) is 0. The van der Waals surface area contributed by atoms with Gasteiger partial charge in [0.25, 0.3) is 0 Å². The van der Waals surface area contributed by atoms with Crippen LogP contribution < -0.4 is 0 Å². The summed E-state index contributed by atoms with van der Waals surface area (Å²) in [6, 6.07) is 0. The SMILES string of the molecule is [3H]SI(C)F. The van der Waals surface area contributed by atoms with Gasteiger partial charge < -0.3 is 0 Å². The number of alkyl halides is 1. The van der Waals surface area contributed by atoms with Crippen molar-refractivity contribution < 1.29 is 2.86 Å². The third-order valence-corrected chi connectivity index (χ3v) is 0. The van der Waals surface area contributed by atoms with E-state index >= 15 is 0 Å². The van der Waals surface area contributed by atoms with Crippen LogP contribution in [0.15, 0.2) is 0 Å². The molecule has 0 saturated carbocycles. The maximum absolute atomic E-state index is 11.4. The van der Waals surface area contributed by atoms with Gasteiger partial charge in [-0.15, -0.1) is 0 Å². The molecular formula is CH4FIS. The molecule has 0 spiro atoms. The maximum atomic E-state index is 11.4. The quantitative estimate of drug-likeness (QED) is 0.369. The molecule has 0 saturated heterocycles. The van der Waals surface area contributed by atoms with Gasteiger partial charge in [0.15, 0.2) is 0 Å². The van der Waals surface area contributed by atoms with E-state index in [0.29, 0.717) is 9.70 Å². The Hall–Kier alpha value is 1.01. The van der Waals surface area contributed by atoms with Crippen molar-refractivity contribution in [2.75, 3.05) is 4.93 Å². The fourth-order valence-electron chi connectivity index (χ4n) is 0. The van der Waals surface area contributed by atoms with E-state index in [1.807, 2.05) is 0 Å². The third kappa shape index (κ3) is 11.9. The van der Waals surface area contributed by atoms with Gasteiger partial charge in [-0.3, -0.25) is 0 Å². The van der Waals surface area contributed by atoms with Crippen LogP contribution in [0.2, 0.25) is 0 Å². The van der Waals surface area contributed by atoms with Crippen molar-refractivity contribution in [1.82, 2.24) is 0 Å². The molecule has 0 rings (SSSR count). The first kappa shape index (κ1) is 3.21. The summed E-state index contributed by atoms with van der Waals surface area (Å²) in [5.74, 6) is 0. The molecule has 0 aromatic heterocycles. The van der Waals surface area contributed by atoms with Crippen LogP contribution in [0.4, 0.5) is 2.86 Å². The minimum atomic E-state index is -2.20. The van der Waals surface area contributed by atoms with Crippen molar-refractivity contribution in [2.24, 2.45) is 0 Å². The molecule has 4 heavy (non-hydrogen) atoms. The van der Waals surface area contributed by atoms with Crippen molar-refractivity contribution in [2.45, 2.75) is 0 Å². The topological polar surface area (TPSA) is 0 Å². The van der Waals surface area contributed by atoms with Gasteiger partial charge in [0.1, 0.15) is 0 Å². The van der Waals surface area contributed by atoms with Gasteiger partial charge in [0.2, 0.25) is 0 Å².